The standard InChI is InChI=1S/C5H11NS/c1-4-2-6-3-5(4)7/h4-7H,2-3H2,1H3. The van der Waals surface area contributed by atoms with E-state index in [4.69, 9.17) is 0 Å². The molecule has 2 heteroatoms. The van der Waals surface area contributed by atoms with E-state index in [2.05, 4.69) is 24.9 Å². The maximum absolute atomic E-state index is 4.32. The molecule has 1 rings (SSSR count). The highest BCUT2D eigenvalue weighted by atomic mass is 32.1. The minimum Gasteiger partial charge on any atom is -0.315 e. The minimum atomic E-state index is 0.597. The second-order valence-electron chi connectivity index (χ2n) is 2.20. The second kappa shape index (κ2) is 2.05. The topological polar surface area (TPSA) is 12.0 Å². The van der Waals surface area contributed by atoms with Crippen molar-refractivity contribution in [3.63, 3.8) is 0 Å². The van der Waals surface area contributed by atoms with Crippen LogP contribution in [0.2, 0.25) is 0 Å². The van der Waals surface area contributed by atoms with Gasteiger partial charge in [-0.05, 0) is 12.5 Å². The Kier molecular flexibility index (Phi) is 1.60. The molecule has 1 aliphatic heterocycles. The summed E-state index contributed by atoms with van der Waals surface area (Å²) in [7, 11) is 0. The van der Waals surface area contributed by atoms with Crippen molar-refractivity contribution in [3.8, 4) is 0 Å². The maximum atomic E-state index is 4.32. The molecule has 1 aliphatic rings. The van der Waals surface area contributed by atoms with Crippen molar-refractivity contribution >= 4 is 12.6 Å². The Morgan fingerprint density at radius 1 is 1.57 bits per heavy atom. The SMILES string of the molecule is CC1CNCC1S. The maximum Gasteiger partial charge on any atom is 0.0179 e. The molecule has 42 valence electrons. The van der Waals surface area contributed by atoms with Crippen molar-refractivity contribution in [1.29, 1.82) is 0 Å². The zero-order chi connectivity index (χ0) is 5.28. The first-order valence-electron chi connectivity index (χ1n) is 2.69. The van der Waals surface area contributed by atoms with Crippen molar-refractivity contribution in [2.75, 3.05) is 13.1 Å². The van der Waals surface area contributed by atoms with E-state index >= 15 is 0 Å². The van der Waals surface area contributed by atoms with Gasteiger partial charge in [0.2, 0.25) is 0 Å². The molecule has 0 spiro atoms. The van der Waals surface area contributed by atoms with Gasteiger partial charge in [-0.1, -0.05) is 6.92 Å². The van der Waals surface area contributed by atoms with E-state index in [1.54, 1.807) is 0 Å². The van der Waals surface area contributed by atoms with Gasteiger partial charge in [0.1, 0.15) is 0 Å². The fourth-order valence-electron chi connectivity index (χ4n) is 0.796. The minimum absolute atomic E-state index is 0.597. The molecule has 0 bridgehead atoms. The van der Waals surface area contributed by atoms with Crippen LogP contribution in [0, 0.1) is 5.92 Å². The van der Waals surface area contributed by atoms with Gasteiger partial charge in [-0.25, -0.2) is 0 Å². The molecule has 0 radical (unpaired) electrons. The monoisotopic (exact) mass is 117 g/mol. The van der Waals surface area contributed by atoms with Gasteiger partial charge in [-0.2, -0.15) is 12.6 Å². The summed E-state index contributed by atoms with van der Waals surface area (Å²) in [5.41, 5.74) is 0. The lowest BCUT2D eigenvalue weighted by molar-refractivity contribution is 0.664. The van der Waals surface area contributed by atoms with E-state index in [1.807, 2.05) is 0 Å². The Balaban J connectivity index is 2.33. The molecule has 0 aromatic rings. The summed E-state index contributed by atoms with van der Waals surface area (Å²) in [5.74, 6) is 0.767. The molecule has 0 saturated carbocycles. The van der Waals surface area contributed by atoms with Crippen molar-refractivity contribution < 1.29 is 0 Å². The number of hydrogen-bond donors (Lipinski definition) is 2. The van der Waals surface area contributed by atoms with Crippen LogP contribution in [0.3, 0.4) is 0 Å². The molecular formula is C5H11NS. The lowest BCUT2D eigenvalue weighted by atomic mass is 10.2. The molecule has 0 aliphatic carbocycles. The summed E-state index contributed by atoms with van der Waals surface area (Å²) in [6.45, 7) is 4.45. The third kappa shape index (κ3) is 1.10. The summed E-state index contributed by atoms with van der Waals surface area (Å²) in [6.07, 6.45) is 0. The van der Waals surface area contributed by atoms with Gasteiger partial charge in [-0.15, -0.1) is 0 Å². The lowest BCUT2D eigenvalue weighted by Gasteiger charge is -2.02. The molecule has 1 nitrogen and oxygen atoms in total. The summed E-state index contributed by atoms with van der Waals surface area (Å²) >= 11 is 4.32. The van der Waals surface area contributed by atoms with E-state index in [1.165, 1.54) is 0 Å². The van der Waals surface area contributed by atoms with E-state index in [0.29, 0.717) is 5.25 Å². The Labute approximate surface area is 49.9 Å². The molecule has 0 amide bonds. The van der Waals surface area contributed by atoms with Crippen molar-refractivity contribution in [2.45, 2.75) is 12.2 Å². The highest BCUT2D eigenvalue weighted by molar-refractivity contribution is 7.81. The van der Waals surface area contributed by atoms with Gasteiger partial charge in [-0.3, -0.25) is 0 Å². The lowest BCUT2D eigenvalue weighted by Crippen LogP contribution is -2.08. The van der Waals surface area contributed by atoms with Crippen LogP contribution < -0.4 is 5.32 Å². The number of rotatable bonds is 0. The molecule has 1 N–H and O–H groups in total. The largest absolute Gasteiger partial charge is 0.315 e. The highest BCUT2D eigenvalue weighted by Crippen LogP contribution is 2.12. The van der Waals surface area contributed by atoms with E-state index < -0.39 is 0 Å². The number of nitrogens with one attached hydrogen (secondary N) is 1. The third-order valence-corrected chi connectivity index (χ3v) is 2.17. The van der Waals surface area contributed by atoms with Gasteiger partial charge in [0, 0.05) is 11.8 Å². The second-order valence-corrected chi connectivity index (χ2v) is 2.87. The summed E-state index contributed by atoms with van der Waals surface area (Å²) < 4.78 is 0. The van der Waals surface area contributed by atoms with Crippen LogP contribution in [0.1, 0.15) is 6.92 Å². The molecular weight excluding hydrogens is 106 g/mol. The summed E-state index contributed by atoms with van der Waals surface area (Å²) in [4.78, 5) is 0. The molecule has 2 unspecified atom stereocenters. The Morgan fingerprint density at radius 2 is 2.29 bits per heavy atom. The number of thiol groups is 1. The van der Waals surface area contributed by atoms with Crippen LogP contribution in [0.25, 0.3) is 0 Å². The van der Waals surface area contributed by atoms with Crippen LogP contribution in [0.5, 0.6) is 0 Å². The summed E-state index contributed by atoms with van der Waals surface area (Å²) in [6, 6.07) is 0. The van der Waals surface area contributed by atoms with Crippen molar-refractivity contribution in [2.24, 2.45) is 5.92 Å². The smallest absolute Gasteiger partial charge is 0.0179 e. The van der Waals surface area contributed by atoms with Crippen LogP contribution in [-0.4, -0.2) is 18.3 Å². The molecule has 0 aromatic heterocycles. The van der Waals surface area contributed by atoms with Gasteiger partial charge < -0.3 is 5.32 Å². The normalized spacial score (nSPS) is 42.0. The first kappa shape index (κ1) is 5.45. The Morgan fingerprint density at radius 3 is 2.43 bits per heavy atom. The average molecular weight is 117 g/mol. The van der Waals surface area contributed by atoms with Crippen LogP contribution in [0.4, 0.5) is 0 Å². The number of hydrogen-bond acceptors (Lipinski definition) is 2. The average Bonchev–Trinajstić information content (AvgIpc) is 1.91. The summed E-state index contributed by atoms with van der Waals surface area (Å²) in [5, 5.41) is 3.84. The van der Waals surface area contributed by atoms with Crippen molar-refractivity contribution in [1.82, 2.24) is 5.32 Å². The highest BCUT2D eigenvalue weighted by Gasteiger charge is 2.17. The van der Waals surface area contributed by atoms with E-state index in [0.717, 1.165) is 19.0 Å². The zero-order valence-electron chi connectivity index (χ0n) is 4.52. The first-order chi connectivity index (χ1) is 3.30. The Hall–Kier alpha value is 0.310. The molecule has 0 aromatic carbocycles. The fourth-order valence-corrected chi connectivity index (χ4v) is 1.03. The predicted octanol–water partition coefficient (Wildman–Crippen LogP) is 0.524. The van der Waals surface area contributed by atoms with Gasteiger partial charge in [0.15, 0.2) is 0 Å². The molecule has 2 atom stereocenters. The van der Waals surface area contributed by atoms with Gasteiger partial charge >= 0.3 is 0 Å². The van der Waals surface area contributed by atoms with Gasteiger partial charge in [0.05, 0.1) is 0 Å². The predicted molar refractivity (Wildman–Crippen MR) is 34.8 cm³/mol. The van der Waals surface area contributed by atoms with Crippen LogP contribution >= 0.6 is 12.6 Å². The van der Waals surface area contributed by atoms with E-state index in [-0.39, 0.29) is 0 Å². The molecule has 1 saturated heterocycles. The molecule has 1 fully saturated rings. The third-order valence-electron chi connectivity index (χ3n) is 1.48. The quantitative estimate of drug-likeness (QED) is 0.441. The molecule has 7 heavy (non-hydrogen) atoms. The Bertz CT molecular complexity index is 57.1. The van der Waals surface area contributed by atoms with Crippen molar-refractivity contribution in [3.05, 3.63) is 0 Å². The first-order valence-corrected chi connectivity index (χ1v) is 3.21. The van der Waals surface area contributed by atoms with Gasteiger partial charge in [0.25, 0.3) is 0 Å². The van der Waals surface area contributed by atoms with Crippen LogP contribution in [-0.2, 0) is 0 Å². The zero-order valence-corrected chi connectivity index (χ0v) is 5.41. The molecule has 1 heterocycles. The fraction of sp³-hybridized carbons (Fsp3) is 1.00. The van der Waals surface area contributed by atoms with Crippen LogP contribution in [0.15, 0.2) is 0 Å². The van der Waals surface area contributed by atoms with E-state index in [9.17, 15) is 0 Å².